The summed E-state index contributed by atoms with van der Waals surface area (Å²) in [6.45, 7) is 4.73. The van der Waals surface area contributed by atoms with Crippen LogP contribution in [-0.4, -0.2) is 48.0 Å². The number of anilines is 2. The third-order valence-electron chi connectivity index (χ3n) is 2.37. The molecule has 94 valence electrons. The van der Waals surface area contributed by atoms with Crippen LogP contribution in [0, 0.1) is 6.92 Å². The number of likely N-dealkylation sites (N-methyl/N-ethyl adjacent to an activating group) is 2. The van der Waals surface area contributed by atoms with Gasteiger partial charge in [0.25, 0.3) is 0 Å². The fraction of sp³-hybridized carbons (Fsp3) is 0.545. The van der Waals surface area contributed by atoms with Gasteiger partial charge < -0.3 is 15.5 Å². The Balaban J connectivity index is 2.89. The minimum atomic E-state index is 0.0293. The summed E-state index contributed by atoms with van der Waals surface area (Å²) in [5.41, 5.74) is 5.67. The summed E-state index contributed by atoms with van der Waals surface area (Å²) in [5.74, 6) is 1.74. The molecule has 0 radical (unpaired) electrons. The Morgan fingerprint density at radius 1 is 1.41 bits per heavy atom. The maximum atomic E-state index is 11.7. The molecule has 0 aliphatic carbocycles. The normalized spacial score (nSPS) is 10.1. The SMILES string of the molecule is CCN(CC(=O)N(C)C)c1cc(N)nc(C)n1. The van der Waals surface area contributed by atoms with Crippen LogP contribution in [-0.2, 0) is 4.79 Å². The van der Waals surface area contributed by atoms with Crippen LogP contribution in [0.2, 0.25) is 0 Å². The molecule has 0 aliphatic rings. The van der Waals surface area contributed by atoms with Crippen molar-refractivity contribution in [3.8, 4) is 0 Å². The second-order valence-corrected chi connectivity index (χ2v) is 4.00. The first kappa shape index (κ1) is 13.2. The molecule has 0 bridgehead atoms. The first-order valence-electron chi connectivity index (χ1n) is 5.50. The second kappa shape index (κ2) is 5.47. The van der Waals surface area contributed by atoms with E-state index in [-0.39, 0.29) is 5.91 Å². The molecule has 1 aromatic rings. The highest BCUT2D eigenvalue weighted by Crippen LogP contribution is 2.13. The average molecular weight is 237 g/mol. The van der Waals surface area contributed by atoms with Gasteiger partial charge in [0, 0.05) is 26.7 Å². The molecule has 0 aromatic carbocycles. The lowest BCUT2D eigenvalue weighted by atomic mass is 10.4. The minimum absolute atomic E-state index is 0.0293. The highest BCUT2D eigenvalue weighted by Gasteiger charge is 2.13. The van der Waals surface area contributed by atoms with Gasteiger partial charge in [-0.15, -0.1) is 0 Å². The highest BCUT2D eigenvalue weighted by molar-refractivity contribution is 5.80. The van der Waals surface area contributed by atoms with Crippen molar-refractivity contribution in [1.29, 1.82) is 0 Å². The van der Waals surface area contributed by atoms with E-state index in [0.717, 1.165) is 0 Å². The number of carbonyl (C=O) groups is 1. The molecule has 2 N–H and O–H groups in total. The van der Waals surface area contributed by atoms with Crippen molar-refractivity contribution in [2.24, 2.45) is 0 Å². The number of amides is 1. The van der Waals surface area contributed by atoms with Crippen LogP contribution in [0.15, 0.2) is 6.07 Å². The molecule has 6 heteroatoms. The third kappa shape index (κ3) is 3.58. The molecule has 1 rings (SSSR count). The molecule has 0 unspecified atom stereocenters. The number of aromatic nitrogens is 2. The highest BCUT2D eigenvalue weighted by atomic mass is 16.2. The lowest BCUT2D eigenvalue weighted by Gasteiger charge is -2.23. The Bertz CT molecular complexity index is 385. The molecule has 0 aliphatic heterocycles. The molecule has 17 heavy (non-hydrogen) atoms. The summed E-state index contributed by atoms with van der Waals surface area (Å²) >= 11 is 0. The first-order chi connectivity index (χ1) is 7.93. The monoisotopic (exact) mass is 237 g/mol. The van der Waals surface area contributed by atoms with Gasteiger partial charge in [0.15, 0.2) is 0 Å². The Hall–Kier alpha value is -1.85. The topological polar surface area (TPSA) is 75.4 Å². The molecule has 0 fully saturated rings. The number of hydrogen-bond acceptors (Lipinski definition) is 5. The molecule has 0 spiro atoms. The molecular formula is C11H19N5O. The van der Waals surface area contributed by atoms with Crippen LogP contribution in [0.25, 0.3) is 0 Å². The lowest BCUT2D eigenvalue weighted by Crippen LogP contribution is -2.37. The maximum absolute atomic E-state index is 11.7. The second-order valence-electron chi connectivity index (χ2n) is 4.00. The van der Waals surface area contributed by atoms with Crippen molar-refractivity contribution in [2.45, 2.75) is 13.8 Å². The summed E-state index contributed by atoms with van der Waals surface area (Å²) in [6.07, 6.45) is 0. The Morgan fingerprint density at radius 3 is 2.53 bits per heavy atom. The zero-order valence-corrected chi connectivity index (χ0v) is 10.8. The summed E-state index contributed by atoms with van der Waals surface area (Å²) in [6, 6.07) is 1.68. The van der Waals surface area contributed by atoms with Gasteiger partial charge in [-0.3, -0.25) is 4.79 Å². The smallest absolute Gasteiger partial charge is 0.241 e. The average Bonchev–Trinajstić information content (AvgIpc) is 2.23. The molecule has 0 saturated carbocycles. The van der Waals surface area contributed by atoms with E-state index in [0.29, 0.717) is 30.5 Å². The quantitative estimate of drug-likeness (QED) is 0.814. The maximum Gasteiger partial charge on any atom is 0.241 e. The molecule has 0 atom stereocenters. The summed E-state index contributed by atoms with van der Waals surface area (Å²) in [4.78, 5) is 23.4. The number of rotatable bonds is 4. The van der Waals surface area contributed by atoms with Crippen molar-refractivity contribution in [2.75, 3.05) is 37.8 Å². The lowest BCUT2D eigenvalue weighted by molar-refractivity contribution is -0.127. The number of hydrogen-bond donors (Lipinski definition) is 1. The van der Waals surface area contributed by atoms with Crippen LogP contribution >= 0.6 is 0 Å². The zero-order chi connectivity index (χ0) is 13.0. The summed E-state index contributed by atoms with van der Waals surface area (Å²) < 4.78 is 0. The van der Waals surface area contributed by atoms with Gasteiger partial charge in [0.1, 0.15) is 17.5 Å². The largest absolute Gasteiger partial charge is 0.384 e. The predicted molar refractivity (Wildman–Crippen MR) is 67.8 cm³/mol. The van der Waals surface area contributed by atoms with Gasteiger partial charge in [-0.05, 0) is 13.8 Å². The Morgan fingerprint density at radius 2 is 2.06 bits per heavy atom. The standard InChI is InChI=1S/C11H19N5O/c1-5-16(7-11(17)15(3)4)10-6-9(12)13-8(2)14-10/h6H,5,7H2,1-4H3,(H2,12,13,14). The molecule has 1 heterocycles. The van der Waals surface area contributed by atoms with Crippen LogP contribution in [0.3, 0.4) is 0 Å². The van der Waals surface area contributed by atoms with Gasteiger partial charge in [-0.25, -0.2) is 9.97 Å². The first-order valence-corrected chi connectivity index (χ1v) is 5.50. The summed E-state index contributed by atoms with van der Waals surface area (Å²) in [7, 11) is 3.46. The van der Waals surface area contributed by atoms with E-state index in [9.17, 15) is 4.79 Å². The Kier molecular flexibility index (Phi) is 4.25. The van der Waals surface area contributed by atoms with E-state index in [1.54, 1.807) is 32.0 Å². The predicted octanol–water partition coefficient (Wildman–Crippen LogP) is 0.282. The van der Waals surface area contributed by atoms with E-state index in [1.165, 1.54) is 0 Å². The zero-order valence-electron chi connectivity index (χ0n) is 10.8. The molecule has 0 saturated heterocycles. The fourth-order valence-electron chi connectivity index (χ4n) is 1.40. The number of carbonyl (C=O) groups excluding carboxylic acids is 1. The van der Waals surface area contributed by atoms with Crippen LogP contribution in [0.4, 0.5) is 11.6 Å². The van der Waals surface area contributed by atoms with Gasteiger partial charge in [0.2, 0.25) is 5.91 Å². The van der Waals surface area contributed by atoms with Crippen LogP contribution in [0.5, 0.6) is 0 Å². The van der Waals surface area contributed by atoms with Crippen molar-refractivity contribution in [3.63, 3.8) is 0 Å². The van der Waals surface area contributed by atoms with Crippen LogP contribution in [0.1, 0.15) is 12.7 Å². The van der Waals surface area contributed by atoms with E-state index in [1.807, 2.05) is 11.8 Å². The van der Waals surface area contributed by atoms with Gasteiger partial charge in [-0.1, -0.05) is 0 Å². The van der Waals surface area contributed by atoms with E-state index < -0.39 is 0 Å². The van der Waals surface area contributed by atoms with Gasteiger partial charge in [0.05, 0.1) is 6.54 Å². The van der Waals surface area contributed by atoms with Gasteiger partial charge in [-0.2, -0.15) is 0 Å². The molecule has 1 aromatic heterocycles. The summed E-state index contributed by atoms with van der Waals surface area (Å²) in [5, 5.41) is 0. The van der Waals surface area contributed by atoms with E-state index in [4.69, 9.17) is 5.73 Å². The third-order valence-corrected chi connectivity index (χ3v) is 2.37. The number of nitrogens with zero attached hydrogens (tertiary/aromatic N) is 4. The van der Waals surface area contributed by atoms with Crippen molar-refractivity contribution in [3.05, 3.63) is 11.9 Å². The molecule has 1 amide bonds. The van der Waals surface area contributed by atoms with Crippen molar-refractivity contribution >= 4 is 17.5 Å². The number of nitrogens with two attached hydrogens (primary N) is 1. The van der Waals surface area contributed by atoms with E-state index in [2.05, 4.69) is 9.97 Å². The van der Waals surface area contributed by atoms with Crippen molar-refractivity contribution in [1.82, 2.24) is 14.9 Å². The minimum Gasteiger partial charge on any atom is -0.384 e. The number of aryl methyl sites for hydroxylation is 1. The van der Waals surface area contributed by atoms with Crippen molar-refractivity contribution < 1.29 is 4.79 Å². The Labute approximate surface area is 101 Å². The van der Waals surface area contributed by atoms with E-state index >= 15 is 0 Å². The van der Waals surface area contributed by atoms with Gasteiger partial charge >= 0.3 is 0 Å². The van der Waals surface area contributed by atoms with Crippen LogP contribution < -0.4 is 10.6 Å². The fourth-order valence-corrected chi connectivity index (χ4v) is 1.40. The number of nitrogen functional groups attached to an aromatic ring is 1. The molecule has 6 nitrogen and oxygen atoms in total. The molecular weight excluding hydrogens is 218 g/mol.